The summed E-state index contributed by atoms with van der Waals surface area (Å²) in [5.41, 5.74) is 2.88. The molecule has 34 heavy (non-hydrogen) atoms. The molecule has 0 aliphatic carbocycles. The maximum atomic E-state index is 12.7. The van der Waals surface area contributed by atoms with E-state index in [0.29, 0.717) is 33.1 Å². The Balaban J connectivity index is 1.31. The molecular weight excluding hydrogens is 436 g/mol. The summed E-state index contributed by atoms with van der Waals surface area (Å²) in [5.74, 6) is -1.94. The molecule has 2 aromatic heterocycles. The minimum atomic E-state index is -1.06. The molecule has 5 aromatic rings. The Labute approximate surface area is 192 Å². The second-order valence-electron chi connectivity index (χ2n) is 7.67. The number of hydrogen-bond acceptors (Lipinski definition) is 5. The van der Waals surface area contributed by atoms with Crippen molar-refractivity contribution in [3.63, 3.8) is 0 Å². The van der Waals surface area contributed by atoms with Crippen molar-refractivity contribution >= 4 is 45.4 Å². The first kappa shape index (κ1) is 21.0. The van der Waals surface area contributed by atoms with E-state index in [1.165, 1.54) is 6.07 Å². The first-order valence-corrected chi connectivity index (χ1v) is 10.4. The van der Waals surface area contributed by atoms with Gasteiger partial charge in [-0.05, 0) is 54.1 Å². The lowest BCUT2D eigenvalue weighted by molar-refractivity contribution is 0.0472. The molecule has 0 saturated heterocycles. The summed E-state index contributed by atoms with van der Waals surface area (Å²) < 4.78 is 11.0. The third-order valence-electron chi connectivity index (χ3n) is 5.30. The van der Waals surface area contributed by atoms with Gasteiger partial charge in [0, 0.05) is 22.0 Å². The SMILES string of the molecule is O=C(OCc1ccccc1)c1ccc2oc(C(=O)Nc3ccc4[nH]c(C(=O)O)cc4c3)cc2c1. The molecule has 0 radical (unpaired) electrons. The van der Waals surface area contributed by atoms with Gasteiger partial charge in [-0.1, -0.05) is 30.3 Å². The van der Waals surface area contributed by atoms with Crippen LogP contribution in [0.5, 0.6) is 0 Å². The zero-order chi connectivity index (χ0) is 23.7. The smallest absolute Gasteiger partial charge is 0.352 e. The highest BCUT2D eigenvalue weighted by Gasteiger charge is 2.16. The summed E-state index contributed by atoms with van der Waals surface area (Å²) in [7, 11) is 0. The van der Waals surface area contributed by atoms with Gasteiger partial charge in [-0.25, -0.2) is 9.59 Å². The van der Waals surface area contributed by atoms with Gasteiger partial charge >= 0.3 is 11.9 Å². The molecule has 8 heteroatoms. The lowest BCUT2D eigenvalue weighted by atomic mass is 10.1. The molecule has 0 fully saturated rings. The van der Waals surface area contributed by atoms with E-state index in [4.69, 9.17) is 14.3 Å². The minimum Gasteiger partial charge on any atom is -0.477 e. The van der Waals surface area contributed by atoms with Crippen LogP contribution in [-0.4, -0.2) is 27.9 Å². The monoisotopic (exact) mass is 454 g/mol. The van der Waals surface area contributed by atoms with Gasteiger partial charge in [-0.15, -0.1) is 0 Å². The predicted molar refractivity (Wildman–Crippen MR) is 125 cm³/mol. The number of nitrogens with one attached hydrogen (secondary N) is 2. The molecule has 0 aliphatic heterocycles. The number of H-pyrrole nitrogens is 1. The molecule has 0 spiro atoms. The van der Waals surface area contributed by atoms with Crippen molar-refractivity contribution in [3.8, 4) is 0 Å². The molecule has 1 amide bonds. The third-order valence-corrected chi connectivity index (χ3v) is 5.30. The molecule has 168 valence electrons. The van der Waals surface area contributed by atoms with Crippen LogP contribution in [-0.2, 0) is 11.3 Å². The minimum absolute atomic E-state index is 0.0638. The standard InChI is InChI=1S/C26H18N2O6/c29-24(27-19-7-8-20-17(11-19)12-21(28-20)25(30)31)23-13-18-10-16(6-9-22(18)34-23)26(32)33-14-15-4-2-1-3-5-15/h1-13,28H,14H2,(H,27,29)(H,30,31). The van der Waals surface area contributed by atoms with Crippen LogP contribution in [0.2, 0.25) is 0 Å². The van der Waals surface area contributed by atoms with Crippen molar-refractivity contribution in [2.75, 3.05) is 5.32 Å². The maximum Gasteiger partial charge on any atom is 0.352 e. The molecule has 3 N–H and O–H groups in total. The summed E-state index contributed by atoms with van der Waals surface area (Å²) in [6.45, 7) is 0.163. The van der Waals surface area contributed by atoms with Crippen LogP contribution < -0.4 is 5.32 Å². The van der Waals surface area contributed by atoms with Crippen LogP contribution in [0, 0.1) is 0 Å². The third kappa shape index (κ3) is 4.24. The Morgan fingerprint density at radius 1 is 0.912 bits per heavy atom. The normalized spacial score (nSPS) is 10.9. The first-order chi connectivity index (χ1) is 16.5. The highest BCUT2D eigenvalue weighted by Crippen LogP contribution is 2.24. The number of fused-ring (bicyclic) bond motifs is 2. The van der Waals surface area contributed by atoms with Crippen molar-refractivity contribution in [1.29, 1.82) is 0 Å². The van der Waals surface area contributed by atoms with Crippen LogP contribution in [0.15, 0.2) is 83.3 Å². The summed E-state index contributed by atoms with van der Waals surface area (Å²) in [5, 5.41) is 13.1. The Kier molecular flexibility index (Phi) is 5.31. The van der Waals surface area contributed by atoms with E-state index >= 15 is 0 Å². The summed E-state index contributed by atoms with van der Waals surface area (Å²) >= 11 is 0. The van der Waals surface area contributed by atoms with E-state index in [-0.39, 0.29) is 18.1 Å². The predicted octanol–water partition coefficient (Wildman–Crippen LogP) is 5.22. The number of rotatable bonds is 6. The number of aromatic amines is 1. The van der Waals surface area contributed by atoms with Crippen molar-refractivity contribution in [2.24, 2.45) is 0 Å². The zero-order valence-electron chi connectivity index (χ0n) is 17.7. The van der Waals surface area contributed by atoms with Gasteiger partial charge in [0.15, 0.2) is 5.76 Å². The number of carbonyl (C=O) groups excluding carboxylic acids is 2. The van der Waals surface area contributed by atoms with Gasteiger partial charge in [-0.2, -0.15) is 0 Å². The molecule has 0 unspecified atom stereocenters. The molecule has 0 atom stereocenters. The number of anilines is 1. The van der Waals surface area contributed by atoms with Gasteiger partial charge in [0.25, 0.3) is 5.91 Å². The number of hydrogen-bond donors (Lipinski definition) is 3. The van der Waals surface area contributed by atoms with Crippen molar-refractivity contribution in [3.05, 3.63) is 101 Å². The van der Waals surface area contributed by atoms with E-state index in [1.54, 1.807) is 42.5 Å². The molecule has 3 aromatic carbocycles. The summed E-state index contributed by atoms with van der Waals surface area (Å²) in [4.78, 5) is 39.1. The average Bonchev–Trinajstić information content (AvgIpc) is 3.47. The van der Waals surface area contributed by atoms with Gasteiger partial charge in [0.05, 0.1) is 5.56 Å². The number of amides is 1. The van der Waals surface area contributed by atoms with Gasteiger partial charge in [0.1, 0.15) is 17.9 Å². The van der Waals surface area contributed by atoms with E-state index in [0.717, 1.165) is 5.56 Å². The molecule has 0 bridgehead atoms. The average molecular weight is 454 g/mol. The molecule has 2 heterocycles. The van der Waals surface area contributed by atoms with E-state index in [1.807, 2.05) is 30.3 Å². The van der Waals surface area contributed by atoms with Crippen molar-refractivity contribution < 1.29 is 28.6 Å². The van der Waals surface area contributed by atoms with Crippen LogP contribution >= 0.6 is 0 Å². The molecular formula is C26H18N2O6. The highest BCUT2D eigenvalue weighted by molar-refractivity contribution is 6.06. The van der Waals surface area contributed by atoms with E-state index in [9.17, 15) is 14.4 Å². The Bertz CT molecular complexity index is 1550. The van der Waals surface area contributed by atoms with E-state index in [2.05, 4.69) is 10.3 Å². The molecule has 0 saturated carbocycles. The number of furan rings is 1. The Morgan fingerprint density at radius 3 is 2.53 bits per heavy atom. The number of ether oxygens (including phenoxy) is 1. The van der Waals surface area contributed by atoms with Crippen LogP contribution in [0.1, 0.15) is 37.0 Å². The topological polar surface area (TPSA) is 122 Å². The Morgan fingerprint density at radius 2 is 1.74 bits per heavy atom. The maximum absolute atomic E-state index is 12.7. The molecule has 5 rings (SSSR count). The lowest BCUT2D eigenvalue weighted by Gasteiger charge is -2.04. The summed E-state index contributed by atoms with van der Waals surface area (Å²) in [6.07, 6.45) is 0. The quantitative estimate of drug-likeness (QED) is 0.302. The van der Waals surface area contributed by atoms with Gasteiger partial charge in [-0.3, -0.25) is 4.79 Å². The van der Waals surface area contributed by atoms with Gasteiger partial charge < -0.3 is 24.6 Å². The molecule has 8 nitrogen and oxygen atoms in total. The fourth-order valence-corrected chi connectivity index (χ4v) is 3.61. The fourth-order valence-electron chi connectivity index (χ4n) is 3.61. The number of aromatic carboxylic acids is 1. The van der Waals surface area contributed by atoms with E-state index < -0.39 is 17.8 Å². The highest BCUT2D eigenvalue weighted by atomic mass is 16.5. The first-order valence-electron chi connectivity index (χ1n) is 10.4. The number of aromatic nitrogens is 1. The molecule has 0 aliphatic rings. The number of carboxylic acid groups (broad SMARTS) is 1. The second-order valence-corrected chi connectivity index (χ2v) is 7.67. The van der Waals surface area contributed by atoms with Crippen LogP contribution in [0.3, 0.4) is 0 Å². The second kappa shape index (κ2) is 8.59. The number of carboxylic acids is 1. The fraction of sp³-hybridized carbons (Fsp3) is 0.0385. The van der Waals surface area contributed by atoms with Crippen LogP contribution in [0.25, 0.3) is 21.9 Å². The Hall–Kier alpha value is -4.85. The largest absolute Gasteiger partial charge is 0.477 e. The zero-order valence-corrected chi connectivity index (χ0v) is 17.7. The lowest BCUT2D eigenvalue weighted by Crippen LogP contribution is -2.10. The van der Waals surface area contributed by atoms with Crippen LogP contribution in [0.4, 0.5) is 5.69 Å². The van der Waals surface area contributed by atoms with Gasteiger partial charge in [0.2, 0.25) is 0 Å². The number of carbonyl (C=O) groups is 3. The summed E-state index contributed by atoms with van der Waals surface area (Å²) in [6, 6.07) is 22.2. The van der Waals surface area contributed by atoms with Crippen molar-refractivity contribution in [1.82, 2.24) is 4.98 Å². The van der Waals surface area contributed by atoms with Crippen molar-refractivity contribution in [2.45, 2.75) is 6.61 Å². The number of benzene rings is 3. The number of esters is 1.